The SMILES string of the molecule is CCN1CC(=O)N2[C@@H](C(C)C)C(=O)N(Cc3ccco3)C[C@@H]2N1C(=O)NCc1ccccc1. The molecule has 1 N–H and O–H groups in total. The minimum atomic E-state index is -0.644. The smallest absolute Gasteiger partial charge is 0.334 e. The van der Waals surface area contributed by atoms with Gasteiger partial charge >= 0.3 is 6.03 Å². The first-order valence-corrected chi connectivity index (χ1v) is 11.4. The first kappa shape index (κ1) is 22.8. The lowest BCUT2D eigenvalue weighted by Gasteiger charge is -2.55. The molecule has 0 saturated carbocycles. The van der Waals surface area contributed by atoms with E-state index >= 15 is 0 Å². The van der Waals surface area contributed by atoms with Gasteiger partial charge in [-0.25, -0.2) is 14.8 Å². The van der Waals surface area contributed by atoms with Gasteiger partial charge in [-0.1, -0.05) is 51.1 Å². The number of amides is 4. The summed E-state index contributed by atoms with van der Waals surface area (Å²) < 4.78 is 5.46. The standard InChI is InChI=1S/C24H31N5O4/c1-4-27-16-21(30)28-20(29(27)24(32)25-13-18-9-6-5-7-10-18)15-26(14-19-11-8-12-33-19)23(31)22(28)17(2)3/h5-12,17,20,22H,4,13-16H2,1-3H3,(H,25,32)/t20-,22-/m0/s1. The van der Waals surface area contributed by atoms with E-state index in [0.29, 0.717) is 25.4 Å². The molecule has 2 saturated heterocycles. The average molecular weight is 454 g/mol. The largest absolute Gasteiger partial charge is 0.467 e. The number of benzene rings is 1. The van der Waals surface area contributed by atoms with Crippen molar-refractivity contribution in [1.29, 1.82) is 0 Å². The van der Waals surface area contributed by atoms with Crippen LogP contribution in [0, 0.1) is 5.92 Å². The van der Waals surface area contributed by atoms with Gasteiger partial charge < -0.3 is 19.5 Å². The van der Waals surface area contributed by atoms with Crippen molar-refractivity contribution in [2.75, 3.05) is 19.6 Å². The number of nitrogens with one attached hydrogen (secondary N) is 1. The number of urea groups is 1. The van der Waals surface area contributed by atoms with E-state index in [2.05, 4.69) is 5.32 Å². The summed E-state index contributed by atoms with van der Waals surface area (Å²) in [6.45, 7) is 7.19. The molecule has 9 heteroatoms. The predicted molar refractivity (Wildman–Crippen MR) is 121 cm³/mol. The summed E-state index contributed by atoms with van der Waals surface area (Å²) in [5.74, 6) is 0.291. The fourth-order valence-electron chi connectivity index (χ4n) is 4.61. The summed E-state index contributed by atoms with van der Waals surface area (Å²) in [6.07, 6.45) is 0.976. The highest BCUT2D eigenvalue weighted by Crippen LogP contribution is 2.30. The Bertz CT molecular complexity index is 978. The quantitative estimate of drug-likeness (QED) is 0.725. The molecule has 2 atom stereocenters. The van der Waals surface area contributed by atoms with Crippen molar-refractivity contribution >= 4 is 17.8 Å². The number of likely N-dealkylation sites (N-methyl/N-ethyl adjacent to an activating group) is 1. The van der Waals surface area contributed by atoms with Crippen LogP contribution in [0.5, 0.6) is 0 Å². The van der Waals surface area contributed by atoms with E-state index in [-0.39, 0.29) is 36.9 Å². The Labute approximate surface area is 193 Å². The zero-order valence-corrected chi connectivity index (χ0v) is 19.3. The number of nitrogens with zero attached hydrogens (tertiary/aromatic N) is 4. The Morgan fingerprint density at radius 2 is 1.91 bits per heavy atom. The molecule has 1 aromatic carbocycles. The van der Waals surface area contributed by atoms with Crippen LogP contribution in [-0.4, -0.2) is 69.5 Å². The lowest BCUT2D eigenvalue weighted by atomic mass is 9.96. The number of hydrazine groups is 1. The van der Waals surface area contributed by atoms with E-state index in [4.69, 9.17) is 4.42 Å². The van der Waals surface area contributed by atoms with Crippen molar-refractivity contribution in [3.05, 3.63) is 60.1 Å². The number of hydrogen-bond donors (Lipinski definition) is 1. The van der Waals surface area contributed by atoms with Crippen LogP contribution >= 0.6 is 0 Å². The second-order valence-corrected chi connectivity index (χ2v) is 8.74. The fourth-order valence-corrected chi connectivity index (χ4v) is 4.61. The maximum atomic E-state index is 13.4. The van der Waals surface area contributed by atoms with Crippen LogP contribution in [0.4, 0.5) is 4.79 Å². The van der Waals surface area contributed by atoms with Gasteiger partial charge in [-0.15, -0.1) is 0 Å². The Balaban J connectivity index is 1.62. The second-order valence-electron chi connectivity index (χ2n) is 8.74. The molecule has 0 unspecified atom stereocenters. The van der Waals surface area contributed by atoms with E-state index in [0.717, 1.165) is 5.56 Å². The molecule has 2 aliphatic heterocycles. The summed E-state index contributed by atoms with van der Waals surface area (Å²) in [5, 5.41) is 6.35. The van der Waals surface area contributed by atoms with E-state index in [1.165, 1.54) is 0 Å². The maximum Gasteiger partial charge on any atom is 0.334 e. The van der Waals surface area contributed by atoms with Gasteiger partial charge in [0, 0.05) is 13.1 Å². The van der Waals surface area contributed by atoms with Crippen LogP contribution in [0.3, 0.4) is 0 Å². The summed E-state index contributed by atoms with van der Waals surface area (Å²) in [4.78, 5) is 43.3. The number of carbonyl (C=O) groups is 3. The average Bonchev–Trinajstić information content (AvgIpc) is 3.31. The monoisotopic (exact) mass is 453 g/mol. The number of rotatable bonds is 6. The fraction of sp³-hybridized carbons (Fsp3) is 0.458. The lowest BCUT2D eigenvalue weighted by Crippen LogP contribution is -2.77. The van der Waals surface area contributed by atoms with Gasteiger partial charge in [0.25, 0.3) is 0 Å². The Morgan fingerprint density at radius 3 is 2.55 bits per heavy atom. The zero-order chi connectivity index (χ0) is 23.5. The summed E-state index contributed by atoms with van der Waals surface area (Å²) in [5.41, 5.74) is 0.983. The van der Waals surface area contributed by atoms with Crippen molar-refractivity contribution in [2.45, 2.75) is 46.1 Å². The van der Waals surface area contributed by atoms with Crippen LogP contribution in [0.1, 0.15) is 32.1 Å². The van der Waals surface area contributed by atoms with Gasteiger partial charge in [0.05, 0.1) is 25.9 Å². The molecule has 9 nitrogen and oxygen atoms in total. The molecule has 2 aliphatic rings. The van der Waals surface area contributed by atoms with Crippen molar-refractivity contribution in [1.82, 2.24) is 25.1 Å². The number of fused-ring (bicyclic) bond motifs is 1. The minimum Gasteiger partial charge on any atom is -0.467 e. The number of piperazine rings is 1. The predicted octanol–water partition coefficient (Wildman–Crippen LogP) is 2.26. The molecular formula is C24H31N5O4. The first-order valence-electron chi connectivity index (χ1n) is 11.4. The number of hydrogen-bond acceptors (Lipinski definition) is 5. The highest BCUT2D eigenvalue weighted by molar-refractivity contribution is 5.91. The normalized spacial score (nSPS) is 21.5. The molecule has 0 bridgehead atoms. The van der Waals surface area contributed by atoms with E-state index in [9.17, 15) is 14.4 Å². The van der Waals surface area contributed by atoms with Crippen LogP contribution < -0.4 is 5.32 Å². The first-order chi connectivity index (χ1) is 15.9. The highest BCUT2D eigenvalue weighted by Gasteiger charge is 2.52. The summed E-state index contributed by atoms with van der Waals surface area (Å²) in [7, 11) is 0. The molecule has 3 heterocycles. The molecular weight excluding hydrogens is 422 g/mol. The molecule has 176 valence electrons. The van der Waals surface area contributed by atoms with Gasteiger partial charge in [0.15, 0.2) is 0 Å². The van der Waals surface area contributed by atoms with Gasteiger partial charge in [-0.05, 0) is 23.6 Å². The van der Waals surface area contributed by atoms with Crippen LogP contribution in [0.2, 0.25) is 0 Å². The minimum absolute atomic E-state index is 0.0560. The molecule has 0 spiro atoms. The van der Waals surface area contributed by atoms with Crippen molar-refractivity contribution in [2.24, 2.45) is 5.92 Å². The third-order valence-electron chi connectivity index (χ3n) is 6.18. The van der Waals surface area contributed by atoms with E-state index in [1.54, 1.807) is 32.1 Å². The molecule has 2 fully saturated rings. The van der Waals surface area contributed by atoms with Gasteiger partial charge in [-0.2, -0.15) is 0 Å². The maximum absolute atomic E-state index is 13.4. The number of carbonyl (C=O) groups excluding carboxylic acids is 3. The third-order valence-corrected chi connectivity index (χ3v) is 6.18. The van der Waals surface area contributed by atoms with Crippen molar-refractivity contribution < 1.29 is 18.8 Å². The molecule has 2 aromatic rings. The van der Waals surface area contributed by atoms with Crippen molar-refractivity contribution in [3.63, 3.8) is 0 Å². The molecule has 0 radical (unpaired) electrons. The topological polar surface area (TPSA) is 89.3 Å². The van der Waals surface area contributed by atoms with Crippen molar-refractivity contribution in [3.8, 4) is 0 Å². The molecule has 4 rings (SSSR count). The molecule has 0 aliphatic carbocycles. The zero-order valence-electron chi connectivity index (χ0n) is 19.3. The van der Waals surface area contributed by atoms with E-state index < -0.39 is 12.2 Å². The third kappa shape index (κ3) is 4.59. The highest BCUT2D eigenvalue weighted by atomic mass is 16.3. The number of furan rings is 1. The Hall–Kier alpha value is -3.33. The Kier molecular flexibility index (Phi) is 6.69. The molecule has 4 amide bonds. The summed E-state index contributed by atoms with van der Waals surface area (Å²) in [6, 6.07) is 12.3. The van der Waals surface area contributed by atoms with Crippen LogP contribution in [-0.2, 0) is 22.7 Å². The summed E-state index contributed by atoms with van der Waals surface area (Å²) >= 11 is 0. The van der Waals surface area contributed by atoms with Crippen LogP contribution in [0.15, 0.2) is 53.1 Å². The Morgan fingerprint density at radius 1 is 1.15 bits per heavy atom. The van der Waals surface area contributed by atoms with Crippen LogP contribution in [0.25, 0.3) is 0 Å². The van der Waals surface area contributed by atoms with Gasteiger partial charge in [0.1, 0.15) is 18.0 Å². The molecule has 1 aromatic heterocycles. The van der Waals surface area contributed by atoms with E-state index in [1.807, 2.05) is 57.2 Å². The lowest BCUT2D eigenvalue weighted by molar-refractivity contribution is -0.193. The van der Waals surface area contributed by atoms with Gasteiger partial charge in [0.2, 0.25) is 11.8 Å². The van der Waals surface area contributed by atoms with Gasteiger partial charge in [-0.3, -0.25) is 9.59 Å². The molecule has 33 heavy (non-hydrogen) atoms. The second kappa shape index (κ2) is 9.66.